The highest BCUT2D eigenvalue weighted by atomic mass is 32.1. The molecule has 0 aliphatic heterocycles. The van der Waals surface area contributed by atoms with E-state index in [2.05, 4.69) is 10.4 Å². The zero-order chi connectivity index (χ0) is 17.1. The first-order valence-corrected chi connectivity index (χ1v) is 8.41. The number of hydrogen-bond donors (Lipinski definition) is 2. The Morgan fingerprint density at radius 2 is 2.17 bits per heavy atom. The number of amides is 1. The van der Waals surface area contributed by atoms with Crippen molar-refractivity contribution in [3.8, 4) is 0 Å². The number of fused-ring (bicyclic) bond motifs is 1. The number of Topliss-reactive ketones (excluding diaryl/α,β-unsaturated/α-hetero) is 1. The molecule has 0 fully saturated rings. The Labute approximate surface area is 142 Å². The number of nitrogens with zero attached hydrogens (tertiary/aromatic N) is 2. The number of nitrogens with one attached hydrogen (secondary N) is 1. The Bertz CT molecular complexity index is 851. The van der Waals surface area contributed by atoms with E-state index < -0.39 is 17.8 Å². The summed E-state index contributed by atoms with van der Waals surface area (Å²) in [5, 5.41) is 17.7. The minimum Gasteiger partial charge on any atom is -0.386 e. The van der Waals surface area contributed by atoms with E-state index in [4.69, 9.17) is 0 Å². The number of carbonyl (C=O) groups excluding carboxylic acids is 2. The third-order valence-corrected chi connectivity index (χ3v) is 4.87. The summed E-state index contributed by atoms with van der Waals surface area (Å²) in [7, 11) is 0. The fourth-order valence-electron chi connectivity index (χ4n) is 2.32. The first-order valence-electron chi connectivity index (χ1n) is 7.60. The number of aliphatic hydroxyl groups is 1. The van der Waals surface area contributed by atoms with Crippen molar-refractivity contribution in [2.75, 3.05) is 6.54 Å². The number of rotatable bonds is 6. The molecule has 0 aliphatic carbocycles. The number of hydrogen-bond acceptors (Lipinski definition) is 5. The topological polar surface area (TPSA) is 84.2 Å². The molecule has 7 heteroatoms. The van der Waals surface area contributed by atoms with Crippen molar-refractivity contribution < 1.29 is 14.7 Å². The van der Waals surface area contributed by atoms with Gasteiger partial charge in [-0.25, -0.2) is 0 Å². The predicted molar refractivity (Wildman–Crippen MR) is 92.0 cm³/mol. The summed E-state index contributed by atoms with van der Waals surface area (Å²) in [6, 6.07) is 9.71. The fourth-order valence-corrected chi connectivity index (χ4v) is 3.37. The Kier molecular flexibility index (Phi) is 4.73. The van der Waals surface area contributed by atoms with E-state index in [1.54, 1.807) is 4.68 Å². The fraction of sp³-hybridized carbons (Fsp3) is 0.235. The van der Waals surface area contributed by atoms with Gasteiger partial charge in [-0.2, -0.15) is 5.10 Å². The van der Waals surface area contributed by atoms with Crippen LogP contribution in [-0.2, 0) is 11.3 Å². The van der Waals surface area contributed by atoms with E-state index in [0.29, 0.717) is 6.54 Å². The third-order valence-electron chi connectivity index (χ3n) is 3.65. The van der Waals surface area contributed by atoms with Crippen LogP contribution in [0.3, 0.4) is 0 Å². The zero-order valence-electron chi connectivity index (χ0n) is 13.1. The molecule has 2 N–H and O–H groups in total. The summed E-state index contributed by atoms with van der Waals surface area (Å²) in [6.45, 7) is 2.50. The summed E-state index contributed by atoms with van der Waals surface area (Å²) >= 11 is 1.47. The maximum Gasteiger partial charge on any atom is 0.292 e. The van der Waals surface area contributed by atoms with Gasteiger partial charge >= 0.3 is 0 Å². The highest BCUT2D eigenvalue weighted by molar-refractivity contribution is 7.19. The van der Waals surface area contributed by atoms with Gasteiger partial charge in [-0.1, -0.05) is 18.2 Å². The maximum absolute atomic E-state index is 12.0. The monoisotopic (exact) mass is 343 g/mol. The molecule has 3 rings (SSSR count). The molecular weight excluding hydrogens is 326 g/mol. The van der Waals surface area contributed by atoms with Crippen molar-refractivity contribution in [1.82, 2.24) is 15.1 Å². The molecule has 6 nitrogen and oxygen atoms in total. The number of carbonyl (C=O) groups is 2. The number of benzene rings is 1. The molecule has 1 atom stereocenters. The second-order valence-corrected chi connectivity index (χ2v) is 6.44. The molecule has 0 aliphatic rings. The second kappa shape index (κ2) is 6.94. The van der Waals surface area contributed by atoms with Gasteiger partial charge in [0.1, 0.15) is 6.10 Å². The van der Waals surface area contributed by atoms with Crippen LogP contribution < -0.4 is 5.32 Å². The summed E-state index contributed by atoms with van der Waals surface area (Å²) in [5.41, 5.74) is 0.241. The standard InChI is InChI=1S/C17H17N3O3S/c1-2-20-10-12(8-19-20)16(22)17(23)18-9-13(21)15-7-11-5-3-4-6-14(11)24-15/h3-8,10,13,21H,2,9H2,1H3,(H,18,23). The van der Waals surface area contributed by atoms with Crippen LogP contribution in [0.2, 0.25) is 0 Å². The van der Waals surface area contributed by atoms with E-state index in [0.717, 1.165) is 15.0 Å². The van der Waals surface area contributed by atoms with Gasteiger partial charge in [-0.3, -0.25) is 14.3 Å². The summed E-state index contributed by atoms with van der Waals surface area (Å²) in [6.07, 6.45) is 2.05. The lowest BCUT2D eigenvalue weighted by atomic mass is 10.2. The predicted octanol–water partition coefficient (Wildman–Crippen LogP) is 2.15. The second-order valence-electron chi connectivity index (χ2n) is 5.33. The van der Waals surface area contributed by atoms with Crippen LogP contribution in [0, 0.1) is 0 Å². The zero-order valence-corrected chi connectivity index (χ0v) is 13.9. The smallest absolute Gasteiger partial charge is 0.292 e. The SMILES string of the molecule is CCn1cc(C(=O)C(=O)NCC(O)c2cc3ccccc3s2)cn1. The largest absolute Gasteiger partial charge is 0.386 e. The summed E-state index contributed by atoms with van der Waals surface area (Å²) in [4.78, 5) is 24.7. The van der Waals surface area contributed by atoms with Gasteiger partial charge in [0.2, 0.25) is 0 Å². The van der Waals surface area contributed by atoms with Crippen LogP contribution in [0.1, 0.15) is 28.3 Å². The van der Waals surface area contributed by atoms with Crippen molar-refractivity contribution in [3.63, 3.8) is 0 Å². The Balaban J connectivity index is 1.61. The maximum atomic E-state index is 12.0. The minimum atomic E-state index is -0.850. The van der Waals surface area contributed by atoms with Gasteiger partial charge in [0.15, 0.2) is 0 Å². The van der Waals surface area contributed by atoms with E-state index in [1.165, 1.54) is 23.7 Å². The van der Waals surface area contributed by atoms with E-state index in [-0.39, 0.29) is 12.1 Å². The van der Waals surface area contributed by atoms with Gasteiger partial charge in [0.05, 0.1) is 11.8 Å². The average molecular weight is 343 g/mol. The lowest BCUT2D eigenvalue weighted by molar-refractivity contribution is -0.117. The van der Waals surface area contributed by atoms with E-state index in [1.807, 2.05) is 37.3 Å². The highest BCUT2D eigenvalue weighted by Crippen LogP contribution is 2.29. The molecule has 24 heavy (non-hydrogen) atoms. The van der Waals surface area contributed by atoms with E-state index >= 15 is 0 Å². The molecule has 2 heterocycles. The van der Waals surface area contributed by atoms with Gasteiger partial charge in [0.25, 0.3) is 11.7 Å². The Morgan fingerprint density at radius 1 is 1.38 bits per heavy atom. The summed E-state index contributed by atoms with van der Waals surface area (Å²) < 4.78 is 2.65. The molecule has 0 saturated heterocycles. The number of aryl methyl sites for hydroxylation is 1. The van der Waals surface area contributed by atoms with Crippen molar-refractivity contribution in [2.24, 2.45) is 0 Å². The lowest BCUT2D eigenvalue weighted by Gasteiger charge is -2.09. The first kappa shape index (κ1) is 16.4. The van der Waals surface area contributed by atoms with E-state index in [9.17, 15) is 14.7 Å². The van der Waals surface area contributed by atoms with Crippen LogP contribution in [0.25, 0.3) is 10.1 Å². The molecule has 1 aromatic carbocycles. The molecule has 0 saturated carbocycles. The molecular formula is C17H17N3O3S. The quantitative estimate of drug-likeness (QED) is 0.530. The minimum absolute atomic E-state index is 0.0146. The van der Waals surface area contributed by atoms with Crippen molar-refractivity contribution in [3.05, 3.63) is 53.2 Å². The highest BCUT2D eigenvalue weighted by Gasteiger charge is 2.19. The molecule has 0 radical (unpaired) electrons. The number of ketones is 1. The van der Waals surface area contributed by atoms with Crippen LogP contribution in [0.5, 0.6) is 0 Å². The average Bonchev–Trinajstić information content (AvgIpc) is 3.24. The van der Waals surface area contributed by atoms with Crippen molar-refractivity contribution in [1.29, 1.82) is 0 Å². The molecule has 124 valence electrons. The molecule has 0 bridgehead atoms. The van der Waals surface area contributed by atoms with Gasteiger partial charge in [-0.05, 0) is 24.4 Å². The Morgan fingerprint density at radius 3 is 2.88 bits per heavy atom. The molecule has 1 unspecified atom stereocenters. The van der Waals surface area contributed by atoms with Gasteiger partial charge < -0.3 is 10.4 Å². The number of thiophene rings is 1. The number of aromatic nitrogens is 2. The van der Waals surface area contributed by atoms with Crippen LogP contribution in [-0.4, -0.2) is 33.1 Å². The number of aliphatic hydroxyl groups excluding tert-OH is 1. The lowest BCUT2D eigenvalue weighted by Crippen LogP contribution is -2.34. The van der Waals surface area contributed by atoms with Gasteiger partial charge in [-0.15, -0.1) is 11.3 Å². The van der Waals surface area contributed by atoms with Crippen molar-refractivity contribution in [2.45, 2.75) is 19.6 Å². The first-order chi connectivity index (χ1) is 11.6. The molecule has 1 amide bonds. The van der Waals surface area contributed by atoms with Gasteiger partial charge in [0, 0.05) is 28.9 Å². The molecule has 0 spiro atoms. The molecule has 2 aromatic heterocycles. The third kappa shape index (κ3) is 3.37. The van der Waals surface area contributed by atoms with Crippen LogP contribution in [0.4, 0.5) is 0 Å². The van der Waals surface area contributed by atoms with Crippen LogP contribution >= 0.6 is 11.3 Å². The Hall–Kier alpha value is -2.51. The normalized spacial score (nSPS) is 12.2. The molecule has 3 aromatic rings. The summed E-state index contributed by atoms with van der Waals surface area (Å²) in [5.74, 6) is -1.40. The van der Waals surface area contributed by atoms with Crippen LogP contribution in [0.15, 0.2) is 42.7 Å². The van der Waals surface area contributed by atoms with Crippen molar-refractivity contribution >= 4 is 33.1 Å².